The Morgan fingerprint density at radius 1 is 1.14 bits per heavy atom. The molecule has 15 nitrogen and oxygen atoms in total. The number of carbonyl (C=O) groups excluding carboxylic acids is 3. The second kappa shape index (κ2) is 15.9. The number of carboxylic acids is 1. The fourth-order valence-electron chi connectivity index (χ4n) is 5.67. The molecule has 3 rings (SSSR count). The lowest BCUT2D eigenvalue weighted by atomic mass is 9.84. The number of aromatic amines is 1. The number of H-pyrrole nitrogens is 1. The van der Waals surface area contributed by atoms with Crippen LogP contribution in [-0.4, -0.2) is 104 Å². The molecule has 2 aromatic heterocycles. The van der Waals surface area contributed by atoms with Gasteiger partial charge >= 0.3 is 11.9 Å². The predicted molar refractivity (Wildman–Crippen MR) is 161 cm³/mol. The van der Waals surface area contributed by atoms with Gasteiger partial charge in [0.15, 0.2) is 5.65 Å². The highest BCUT2D eigenvalue weighted by Gasteiger charge is 2.58. The Morgan fingerprint density at radius 2 is 1.86 bits per heavy atom. The van der Waals surface area contributed by atoms with E-state index in [2.05, 4.69) is 36.1 Å². The molecule has 0 radical (unpaired) electrons. The molecule has 1 fully saturated rings. The van der Waals surface area contributed by atoms with Gasteiger partial charge in [-0.3, -0.25) is 9.59 Å². The van der Waals surface area contributed by atoms with Gasteiger partial charge in [-0.2, -0.15) is 5.12 Å². The van der Waals surface area contributed by atoms with Crippen molar-refractivity contribution in [3.8, 4) is 0 Å². The molecule has 0 saturated carbocycles. The fraction of sp³-hybridized carbons (Fsp3) is 0.690. The van der Waals surface area contributed by atoms with Crippen molar-refractivity contribution in [1.82, 2.24) is 46.1 Å². The number of hydrogen-bond acceptors (Lipinski definition) is 11. The Balaban J connectivity index is 1.69. The van der Waals surface area contributed by atoms with Crippen LogP contribution in [0.1, 0.15) is 72.0 Å². The molecular formula is C29H47N9O6. The van der Waals surface area contributed by atoms with Crippen molar-refractivity contribution in [2.75, 3.05) is 27.2 Å². The first kappa shape index (κ1) is 34.8. The van der Waals surface area contributed by atoms with Gasteiger partial charge in [0, 0.05) is 27.1 Å². The van der Waals surface area contributed by atoms with Crippen molar-refractivity contribution in [1.29, 1.82) is 0 Å². The van der Waals surface area contributed by atoms with Gasteiger partial charge in [0.2, 0.25) is 11.4 Å². The molecule has 3 heterocycles. The average molecular weight is 618 g/mol. The van der Waals surface area contributed by atoms with Gasteiger partial charge in [0.1, 0.15) is 23.4 Å². The number of hydrogen-bond donors (Lipinski definition) is 5. The number of imidazole rings is 1. The van der Waals surface area contributed by atoms with Gasteiger partial charge in [0.05, 0.1) is 19.1 Å². The lowest BCUT2D eigenvalue weighted by Gasteiger charge is -2.44. The van der Waals surface area contributed by atoms with E-state index in [-0.39, 0.29) is 25.5 Å². The van der Waals surface area contributed by atoms with Crippen molar-refractivity contribution in [3.63, 3.8) is 0 Å². The molecule has 1 saturated heterocycles. The summed E-state index contributed by atoms with van der Waals surface area (Å²) in [4.78, 5) is 70.6. The summed E-state index contributed by atoms with van der Waals surface area (Å²) >= 11 is 0. The van der Waals surface area contributed by atoms with E-state index >= 15 is 0 Å². The molecule has 1 aliphatic rings. The van der Waals surface area contributed by atoms with E-state index in [9.17, 15) is 24.3 Å². The van der Waals surface area contributed by atoms with E-state index in [4.69, 9.17) is 4.74 Å². The molecule has 0 spiro atoms. The first-order valence-corrected chi connectivity index (χ1v) is 15.3. The van der Waals surface area contributed by atoms with Crippen molar-refractivity contribution < 1.29 is 29.0 Å². The van der Waals surface area contributed by atoms with Crippen LogP contribution in [-0.2, 0) is 30.3 Å². The minimum Gasteiger partial charge on any atom is -0.480 e. The van der Waals surface area contributed by atoms with Crippen LogP contribution < -0.4 is 16.2 Å². The van der Waals surface area contributed by atoms with Gasteiger partial charge < -0.3 is 25.0 Å². The minimum atomic E-state index is -1.84. The number of fused-ring (bicyclic) bond motifs is 1. The number of rotatable bonds is 17. The molecule has 0 unspecified atom stereocenters. The highest BCUT2D eigenvalue weighted by atomic mass is 16.5. The molecule has 2 amide bonds. The fourth-order valence-corrected chi connectivity index (χ4v) is 5.67. The number of amides is 2. The number of carbonyl (C=O) groups is 4. The van der Waals surface area contributed by atoms with Crippen LogP contribution in [0.4, 0.5) is 0 Å². The van der Waals surface area contributed by atoms with E-state index in [0.29, 0.717) is 37.2 Å². The molecule has 15 heteroatoms. The Morgan fingerprint density at radius 3 is 2.50 bits per heavy atom. The third-order valence-corrected chi connectivity index (χ3v) is 7.91. The summed E-state index contributed by atoms with van der Waals surface area (Å²) in [7, 11) is 3.16. The van der Waals surface area contributed by atoms with Gasteiger partial charge in [-0.1, -0.05) is 27.7 Å². The maximum absolute atomic E-state index is 14.4. The largest absolute Gasteiger partial charge is 0.480 e. The second-order valence-electron chi connectivity index (χ2n) is 11.8. The second-order valence-corrected chi connectivity index (χ2v) is 11.8. The van der Waals surface area contributed by atoms with Crippen LogP contribution in [0.15, 0.2) is 12.5 Å². The molecule has 0 aromatic carbocycles. The molecular weight excluding hydrogens is 570 g/mol. The molecule has 2 aromatic rings. The summed E-state index contributed by atoms with van der Waals surface area (Å²) in [6.45, 7) is 7.57. The lowest BCUT2D eigenvalue weighted by Crippen LogP contribution is -2.74. The monoisotopic (exact) mass is 617 g/mol. The summed E-state index contributed by atoms with van der Waals surface area (Å²) in [6.07, 6.45) is 7.16. The number of nitrogens with zero attached hydrogens (tertiary/aromatic N) is 5. The van der Waals surface area contributed by atoms with Crippen molar-refractivity contribution in [3.05, 3.63) is 18.3 Å². The van der Waals surface area contributed by atoms with E-state index in [0.717, 1.165) is 18.4 Å². The maximum atomic E-state index is 14.4. The third-order valence-electron chi connectivity index (χ3n) is 7.91. The highest BCUT2D eigenvalue weighted by molar-refractivity contribution is 6.09. The molecule has 244 valence electrons. The number of nitrogens with one attached hydrogen (secondary N) is 4. The molecule has 0 bridgehead atoms. The number of esters is 1. The Labute approximate surface area is 257 Å². The van der Waals surface area contributed by atoms with Crippen molar-refractivity contribution >= 4 is 34.9 Å². The third kappa shape index (κ3) is 7.87. The number of carboxylic acid groups (broad SMARTS) is 1. The standard InChI is InChI=1S/C29H47N9O6/c1-18(2)15-20(26(40)41)35-25(39)22-11-10-13-37(22)27(42)29(19(3)4,38(30-5)31-6)28(43)44-14-9-7-8-12-23-32-16-21-24(36-23)34-17-33-21/h16-20,22,30-31H,7-15H2,1-6H3,(H,35,39)(H,40,41)(H,32,33,34,36)/t20-,22-,29-/m0/s1. The normalized spacial score (nSPS) is 17.3. The SMILES string of the molecule is CNN(NC)[C@](C(=O)OCCCCCc1ncc2[nH]cnc2n1)(C(=O)N1CCC[C@H]1C(=O)N[C@@H](CC(C)C)C(=O)O)C(C)C. The van der Waals surface area contributed by atoms with Crippen LogP contribution in [0.25, 0.3) is 11.2 Å². The molecule has 0 aliphatic carbocycles. The van der Waals surface area contributed by atoms with Gasteiger partial charge in [-0.05, 0) is 50.4 Å². The number of aromatic nitrogens is 4. The summed E-state index contributed by atoms with van der Waals surface area (Å²) < 4.78 is 5.74. The summed E-state index contributed by atoms with van der Waals surface area (Å²) in [6, 6.07) is -1.99. The number of likely N-dealkylation sites (tertiary alicyclic amines) is 1. The number of ether oxygens (including phenoxy) is 1. The van der Waals surface area contributed by atoms with Gasteiger partial charge in [-0.15, -0.1) is 0 Å². The predicted octanol–water partition coefficient (Wildman–Crippen LogP) is 1.18. The molecule has 5 N–H and O–H groups in total. The van der Waals surface area contributed by atoms with E-state index in [1.54, 1.807) is 40.5 Å². The van der Waals surface area contributed by atoms with E-state index in [1.807, 2.05) is 13.8 Å². The van der Waals surface area contributed by atoms with Crippen LogP contribution in [0, 0.1) is 11.8 Å². The van der Waals surface area contributed by atoms with Crippen LogP contribution in [0.2, 0.25) is 0 Å². The van der Waals surface area contributed by atoms with E-state index < -0.39 is 47.3 Å². The zero-order chi connectivity index (χ0) is 32.4. The zero-order valence-electron chi connectivity index (χ0n) is 26.6. The zero-order valence-corrected chi connectivity index (χ0v) is 26.6. The Kier molecular flexibility index (Phi) is 12.5. The van der Waals surface area contributed by atoms with Crippen LogP contribution in [0.3, 0.4) is 0 Å². The maximum Gasteiger partial charge on any atom is 0.339 e. The summed E-state index contributed by atoms with van der Waals surface area (Å²) in [5.74, 6) is -2.87. The minimum absolute atomic E-state index is 0.0421. The molecule has 1 aliphatic heterocycles. The number of unbranched alkanes of at least 4 members (excludes halogenated alkanes) is 2. The van der Waals surface area contributed by atoms with Crippen LogP contribution >= 0.6 is 0 Å². The number of aliphatic carboxylic acids is 1. The Hall–Kier alpha value is -3.69. The van der Waals surface area contributed by atoms with Crippen molar-refractivity contribution in [2.45, 2.75) is 90.3 Å². The molecule has 44 heavy (non-hydrogen) atoms. The smallest absolute Gasteiger partial charge is 0.339 e. The van der Waals surface area contributed by atoms with Crippen molar-refractivity contribution in [2.24, 2.45) is 11.8 Å². The lowest BCUT2D eigenvalue weighted by molar-refractivity contribution is -0.181. The summed E-state index contributed by atoms with van der Waals surface area (Å²) in [5, 5.41) is 13.6. The highest BCUT2D eigenvalue weighted by Crippen LogP contribution is 2.31. The Bertz CT molecular complexity index is 1280. The topological polar surface area (TPSA) is 195 Å². The molecule has 3 atom stereocenters. The average Bonchev–Trinajstić information content (AvgIpc) is 3.66. The van der Waals surface area contributed by atoms with Crippen LogP contribution in [0.5, 0.6) is 0 Å². The van der Waals surface area contributed by atoms with Gasteiger partial charge in [-0.25, -0.2) is 35.4 Å². The number of hydrazine groups is 2. The first-order chi connectivity index (χ1) is 21.0. The van der Waals surface area contributed by atoms with Gasteiger partial charge in [0.25, 0.3) is 5.91 Å². The number of aryl methyl sites for hydroxylation is 1. The first-order valence-electron chi connectivity index (χ1n) is 15.3. The quantitative estimate of drug-likeness (QED) is 0.0737. The van der Waals surface area contributed by atoms with E-state index in [1.165, 1.54) is 10.0 Å². The summed E-state index contributed by atoms with van der Waals surface area (Å²) in [5.41, 5.74) is 5.32.